The van der Waals surface area contributed by atoms with E-state index in [-0.39, 0.29) is 0 Å². The van der Waals surface area contributed by atoms with E-state index in [2.05, 4.69) is 41.3 Å². The van der Waals surface area contributed by atoms with E-state index < -0.39 is 0 Å². The Bertz CT molecular complexity index is 346. The van der Waals surface area contributed by atoms with Crippen LogP contribution in [0.15, 0.2) is 17.0 Å². The SMILES string of the molecule is COc1c(C#N)ccc(S)c1I. The molecule has 0 heterocycles. The third-order valence-electron chi connectivity index (χ3n) is 1.40. The topological polar surface area (TPSA) is 33.0 Å². The van der Waals surface area contributed by atoms with Crippen molar-refractivity contribution >= 4 is 35.2 Å². The molecule has 0 saturated carbocycles. The van der Waals surface area contributed by atoms with Crippen molar-refractivity contribution in [2.45, 2.75) is 4.90 Å². The molecular formula is C8H6INOS. The molecule has 1 aromatic rings. The third kappa shape index (κ3) is 1.67. The first-order valence-corrected chi connectivity index (χ1v) is 4.69. The molecule has 0 aliphatic heterocycles. The zero-order chi connectivity index (χ0) is 9.14. The van der Waals surface area contributed by atoms with Crippen LogP contribution in [0, 0.1) is 14.9 Å². The molecule has 62 valence electrons. The van der Waals surface area contributed by atoms with Crippen LogP contribution in [0.4, 0.5) is 0 Å². The van der Waals surface area contributed by atoms with Gasteiger partial charge in [0.2, 0.25) is 0 Å². The van der Waals surface area contributed by atoms with Gasteiger partial charge in [-0.2, -0.15) is 5.26 Å². The highest BCUT2D eigenvalue weighted by molar-refractivity contribution is 14.1. The normalized spacial score (nSPS) is 9.17. The van der Waals surface area contributed by atoms with Crippen LogP contribution in [0.2, 0.25) is 0 Å². The third-order valence-corrected chi connectivity index (χ3v) is 3.27. The molecule has 0 unspecified atom stereocenters. The van der Waals surface area contributed by atoms with Crippen LogP contribution in [0.5, 0.6) is 5.75 Å². The summed E-state index contributed by atoms with van der Waals surface area (Å²) in [5, 5.41) is 8.71. The predicted octanol–water partition coefficient (Wildman–Crippen LogP) is 2.46. The second-order valence-electron chi connectivity index (χ2n) is 2.09. The minimum absolute atomic E-state index is 0.541. The van der Waals surface area contributed by atoms with E-state index in [0.717, 1.165) is 8.47 Å². The molecule has 0 saturated heterocycles. The predicted molar refractivity (Wildman–Crippen MR) is 57.7 cm³/mol. The first kappa shape index (κ1) is 9.68. The minimum Gasteiger partial charge on any atom is -0.494 e. The van der Waals surface area contributed by atoms with Crippen LogP contribution < -0.4 is 4.74 Å². The Kier molecular flexibility index (Phi) is 3.23. The molecule has 0 spiro atoms. The molecule has 4 heteroatoms. The zero-order valence-electron chi connectivity index (χ0n) is 6.34. The Hall–Kier alpha value is -0.410. The summed E-state index contributed by atoms with van der Waals surface area (Å²) in [7, 11) is 1.55. The first-order chi connectivity index (χ1) is 5.70. The average Bonchev–Trinajstić information content (AvgIpc) is 2.09. The first-order valence-electron chi connectivity index (χ1n) is 3.16. The van der Waals surface area contributed by atoms with Crippen molar-refractivity contribution in [1.29, 1.82) is 5.26 Å². The molecule has 12 heavy (non-hydrogen) atoms. The monoisotopic (exact) mass is 291 g/mol. The van der Waals surface area contributed by atoms with E-state index >= 15 is 0 Å². The lowest BCUT2D eigenvalue weighted by molar-refractivity contribution is 0.409. The van der Waals surface area contributed by atoms with E-state index in [9.17, 15) is 0 Å². The van der Waals surface area contributed by atoms with E-state index in [1.54, 1.807) is 19.2 Å². The van der Waals surface area contributed by atoms with Gasteiger partial charge in [0.25, 0.3) is 0 Å². The van der Waals surface area contributed by atoms with Crippen molar-refractivity contribution in [3.05, 3.63) is 21.3 Å². The van der Waals surface area contributed by atoms with Gasteiger partial charge in [-0.3, -0.25) is 0 Å². The molecule has 2 nitrogen and oxygen atoms in total. The molecule has 0 aliphatic carbocycles. The Morgan fingerprint density at radius 2 is 2.25 bits per heavy atom. The molecule has 0 aromatic heterocycles. The Balaban J connectivity index is 3.38. The maximum Gasteiger partial charge on any atom is 0.151 e. The Morgan fingerprint density at radius 3 is 2.75 bits per heavy atom. The highest BCUT2D eigenvalue weighted by Crippen LogP contribution is 2.29. The quantitative estimate of drug-likeness (QED) is 0.637. The summed E-state index contributed by atoms with van der Waals surface area (Å²) in [6.45, 7) is 0. The second-order valence-corrected chi connectivity index (χ2v) is 3.65. The average molecular weight is 291 g/mol. The molecule has 0 fully saturated rings. The highest BCUT2D eigenvalue weighted by Gasteiger charge is 2.08. The van der Waals surface area contributed by atoms with Crippen LogP contribution in [-0.2, 0) is 0 Å². The fourth-order valence-electron chi connectivity index (χ4n) is 0.833. The number of ether oxygens (including phenoxy) is 1. The van der Waals surface area contributed by atoms with E-state index in [4.69, 9.17) is 10.00 Å². The summed E-state index contributed by atoms with van der Waals surface area (Å²) in [6.07, 6.45) is 0. The van der Waals surface area contributed by atoms with Gasteiger partial charge in [-0.15, -0.1) is 12.6 Å². The number of thiol groups is 1. The molecule has 1 rings (SSSR count). The number of nitriles is 1. The number of hydrogen-bond donors (Lipinski definition) is 1. The number of methoxy groups -OCH3 is 1. The fourth-order valence-corrected chi connectivity index (χ4v) is 1.70. The Labute approximate surface area is 90.1 Å². The van der Waals surface area contributed by atoms with Crippen molar-refractivity contribution in [3.63, 3.8) is 0 Å². The maximum absolute atomic E-state index is 8.71. The second kappa shape index (κ2) is 4.01. The number of rotatable bonds is 1. The smallest absolute Gasteiger partial charge is 0.151 e. The lowest BCUT2D eigenvalue weighted by Gasteiger charge is -2.06. The van der Waals surface area contributed by atoms with Crippen molar-refractivity contribution in [2.75, 3.05) is 7.11 Å². The van der Waals surface area contributed by atoms with Gasteiger partial charge in [0.15, 0.2) is 5.75 Å². The molecule has 0 radical (unpaired) electrons. The highest BCUT2D eigenvalue weighted by atomic mass is 127. The van der Waals surface area contributed by atoms with Gasteiger partial charge in [-0.1, -0.05) is 0 Å². The van der Waals surface area contributed by atoms with Crippen LogP contribution >= 0.6 is 35.2 Å². The molecule has 0 bridgehead atoms. The van der Waals surface area contributed by atoms with Gasteiger partial charge in [0.05, 0.1) is 16.2 Å². The largest absolute Gasteiger partial charge is 0.494 e. The summed E-state index contributed by atoms with van der Waals surface area (Å²) in [4.78, 5) is 0.825. The van der Waals surface area contributed by atoms with Crippen LogP contribution in [0.25, 0.3) is 0 Å². The molecular weight excluding hydrogens is 285 g/mol. The van der Waals surface area contributed by atoms with Crippen LogP contribution in [-0.4, -0.2) is 7.11 Å². The lowest BCUT2D eigenvalue weighted by Crippen LogP contribution is -1.91. The molecule has 0 aliphatic rings. The van der Waals surface area contributed by atoms with Crippen molar-refractivity contribution in [1.82, 2.24) is 0 Å². The lowest BCUT2D eigenvalue weighted by atomic mass is 10.2. The standard InChI is InChI=1S/C8H6INOS/c1-11-8-5(4-10)2-3-6(12)7(8)9/h2-3,12H,1H3. The van der Waals surface area contributed by atoms with Gasteiger partial charge in [0.1, 0.15) is 6.07 Å². The molecule has 0 N–H and O–H groups in total. The summed E-state index contributed by atoms with van der Waals surface area (Å²) < 4.78 is 5.94. The van der Waals surface area contributed by atoms with E-state index in [1.807, 2.05) is 0 Å². The fraction of sp³-hybridized carbons (Fsp3) is 0.125. The summed E-state index contributed by atoms with van der Waals surface area (Å²) in [5.41, 5.74) is 0.541. The van der Waals surface area contributed by atoms with Gasteiger partial charge in [0, 0.05) is 4.90 Å². The van der Waals surface area contributed by atoms with Gasteiger partial charge >= 0.3 is 0 Å². The number of benzene rings is 1. The zero-order valence-corrected chi connectivity index (χ0v) is 9.39. The van der Waals surface area contributed by atoms with Crippen molar-refractivity contribution in [2.24, 2.45) is 0 Å². The number of hydrogen-bond acceptors (Lipinski definition) is 3. The van der Waals surface area contributed by atoms with E-state index in [0.29, 0.717) is 11.3 Å². The summed E-state index contributed by atoms with van der Waals surface area (Å²) in [5.74, 6) is 0.602. The molecule has 0 atom stereocenters. The maximum atomic E-state index is 8.71. The van der Waals surface area contributed by atoms with Crippen molar-refractivity contribution in [3.8, 4) is 11.8 Å². The summed E-state index contributed by atoms with van der Waals surface area (Å²) >= 11 is 6.31. The van der Waals surface area contributed by atoms with Crippen LogP contribution in [0.1, 0.15) is 5.56 Å². The number of halogens is 1. The van der Waals surface area contributed by atoms with Gasteiger partial charge in [-0.05, 0) is 34.7 Å². The summed E-state index contributed by atoms with van der Waals surface area (Å²) in [6, 6.07) is 5.53. The molecule has 1 aromatic carbocycles. The van der Waals surface area contributed by atoms with Gasteiger partial charge < -0.3 is 4.74 Å². The Morgan fingerprint density at radius 1 is 1.58 bits per heavy atom. The van der Waals surface area contributed by atoms with E-state index in [1.165, 1.54) is 0 Å². The van der Waals surface area contributed by atoms with Gasteiger partial charge in [-0.25, -0.2) is 0 Å². The number of nitrogens with zero attached hydrogens (tertiary/aromatic N) is 1. The van der Waals surface area contributed by atoms with Crippen molar-refractivity contribution < 1.29 is 4.74 Å². The van der Waals surface area contributed by atoms with Crippen LogP contribution in [0.3, 0.4) is 0 Å². The molecule has 0 amide bonds. The minimum atomic E-state index is 0.541.